The van der Waals surface area contributed by atoms with Crippen LogP contribution in [0.3, 0.4) is 0 Å². The van der Waals surface area contributed by atoms with Crippen LogP contribution in [0.15, 0.2) is 17.0 Å². The molecule has 0 heterocycles. The second kappa shape index (κ2) is 7.41. The highest BCUT2D eigenvalue weighted by atomic mass is 35.5. The van der Waals surface area contributed by atoms with Gasteiger partial charge in [0.1, 0.15) is 0 Å². The van der Waals surface area contributed by atoms with Gasteiger partial charge in [0.25, 0.3) is 0 Å². The number of benzene rings is 1. The first-order valence-electron chi connectivity index (χ1n) is 6.54. The van der Waals surface area contributed by atoms with Crippen LogP contribution in [0.25, 0.3) is 0 Å². The number of ether oxygens (including phenoxy) is 1. The van der Waals surface area contributed by atoms with Crippen LogP contribution < -0.4 is 0 Å². The number of carbonyl (C=O) groups is 1. The summed E-state index contributed by atoms with van der Waals surface area (Å²) in [5.74, 6) is -0.625. The second-order valence-electron chi connectivity index (χ2n) is 5.02. The highest BCUT2D eigenvalue weighted by molar-refractivity contribution is 7.90. The second-order valence-corrected chi connectivity index (χ2v) is 7.38. The zero-order chi connectivity index (χ0) is 17.1. The fourth-order valence-corrected chi connectivity index (χ4v) is 3.27. The van der Waals surface area contributed by atoms with Crippen molar-refractivity contribution in [2.24, 2.45) is 0 Å². The minimum atomic E-state index is -3.50. The number of nitrogens with zero attached hydrogens (tertiary/aromatic N) is 1. The van der Waals surface area contributed by atoms with E-state index in [1.54, 1.807) is 5.06 Å². The summed E-state index contributed by atoms with van der Waals surface area (Å²) in [5, 5.41) is 1.62. The van der Waals surface area contributed by atoms with E-state index in [0.717, 1.165) is 6.26 Å². The van der Waals surface area contributed by atoms with Crippen molar-refractivity contribution in [3.8, 4) is 0 Å². The van der Waals surface area contributed by atoms with Gasteiger partial charge in [0.2, 0.25) is 0 Å². The zero-order valence-corrected chi connectivity index (χ0v) is 14.8. The summed E-state index contributed by atoms with van der Waals surface area (Å²) in [6.45, 7) is 3.91. The molecule has 0 saturated heterocycles. The summed E-state index contributed by atoms with van der Waals surface area (Å²) in [4.78, 5) is 17.0. The molecule has 1 aromatic rings. The molecule has 1 rings (SSSR count). The molecule has 0 aliphatic heterocycles. The third-order valence-corrected chi connectivity index (χ3v) is 4.74. The number of sulfone groups is 1. The molecule has 0 atom stereocenters. The standard InChI is InChI=1S/C14H20ClNO5S/c1-9(2)16(21-4)8-11-12(22(5,18)19)7-6-10(13(11)15)14(17)20-3/h6-7,9H,8H2,1-5H3. The van der Waals surface area contributed by atoms with Crippen LogP contribution in [0.2, 0.25) is 5.02 Å². The molecule has 1 aromatic carbocycles. The van der Waals surface area contributed by atoms with E-state index in [4.69, 9.17) is 16.4 Å². The molecule has 6 nitrogen and oxygen atoms in total. The van der Waals surface area contributed by atoms with Gasteiger partial charge in [-0.05, 0) is 26.0 Å². The maximum Gasteiger partial charge on any atom is 0.339 e. The molecule has 8 heteroatoms. The van der Waals surface area contributed by atoms with E-state index >= 15 is 0 Å². The Morgan fingerprint density at radius 3 is 2.32 bits per heavy atom. The molecule has 0 aliphatic carbocycles. The third-order valence-electron chi connectivity index (χ3n) is 3.13. The summed E-state index contributed by atoms with van der Waals surface area (Å²) < 4.78 is 28.6. The average Bonchev–Trinajstić information content (AvgIpc) is 2.43. The van der Waals surface area contributed by atoms with Crippen LogP contribution in [0.4, 0.5) is 0 Å². The van der Waals surface area contributed by atoms with Crippen molar-refractivity contribution in [2.75, 3.05) is 20.5 Å². The fourth-order valence-electron chi connectivity index (χ4n) is 1.98. The Morgan fingerprint density at radius 1 is 1.32 bits per heavy atom. The predicted molar refractivity (Wildman–Crippen MR) is 83.6 cm³/mol. The number of hydroxylamine groups is 2. The Balaban J connectivity index is 3.51. The van der Waals surface area contributed by atoms with Crippen LogP contribution in [0.5, 0.6) is 0 Å². The Hall–Kier alpha value is -1.15. The molecule has 0 spiro atoms. The number of esters is 1. The summed E-state index contributed by atoms with van der Waals surface area (Å²) in [6, 6.07) is 2.70. The van der Waals surface area contributed by atoms with E-state index < -0.39 is 15.8 Å². The van der Waals surface area contributed by atoms with Crippen LogP contribution in [0, 0.1) is 0 Å². The number of carbonyl (C=O) groups excluding carboxylic acids is 1. The fraction of sp³-hybridized carbons (Fsp3) is 0.500. The molecule has 124 valence electrons. The van der Waals surface area contributed by atoms with Gasteiger partial charge in [-0.1, -0.05) is 11.6 Å². The highest BCUT2D eigenvalue weighted by Gasteiger charge is 2.24. The molecule has 0 aliphatic rings. The molecule has 0 saturated carbocycles. The van der Waals surface area contributed by atoms with E-state index in [9.17, 15) is 13.2 Å². The smallest absolute Gasteiger partial charge is 0.339 e. The quantitative estimate of drug-likeness (QED) is 0.579. The Bertz CT molecular complexity index is 657. The molecule has 0 unspecified atom stereocenters. The van der Waals surface area contributed by atoms with Crippen LogP contribution in [0.1, 0.15) is 29.8 Å². The van der Waals surface area contributed by atoms with Gasteiger partial charge < -0.3 is 9.57 Å². The first-order valence-corrected chi connectivity index (χ1v) is 8.80. The molecule has 0 N–H and O–H groups in total. The van der Waals surface area contributed by atoms with Gasteiger partial charge >= 0.3 is 5.97 Å². The predicted octanol–water partition coefficient (Wildman–Crippen LogP) is 2.30. The van der Waals surface area contributed by atoms with Gasteiger partial charge in [0.05, 0.1) is 36.2 Å². The van der Waals surface area contributed by atoms with Crippen molar-refractivity contribution in [1.82, 2.24) is 5.06 Å². The van der Waals surface area contributed by atoms with Gasteiger partial charge in [-0.15, -0.1) is 0 Å². The maximum absolute atomic E-state index is 12.0. The third kappa shape index (κ3) is 4.19. The number of rotatable bonds is 6. The summed E-state index contributed by atoms with van der Waals surface area (Å²) >= 11 is 6.25. The molecule has 22 heavy (non-hydrogen) atoms. The first-order chi connectivity index (χ1) is 10.1. The lowest BCUT2D eigenvalue weighted by Gasteiger charge is -2.25. The minimum absolute atomic E-state index is 0.00439. The number of hydrogen-bond acceptors (Lipinski definition) is 6. The monoisotopic (exact) mass is 349 g/mol. The van der Waals surface area contributed by atoms with Crippen molar-refractivity contribution in [3.05, 3.63) is 28.3 Å². The number of hydrogen-bond donors (Lipinski definition) is 0. The van der Waals surface area contributed by atoms with Gasteiger partial charge in [-0.2, -0.15) is 5.06 Å². The zero-order valence-electron chi connectivity index (χ0n) is 13.2. The number of halogens is 1. The molecule has 0 fully saturated rings. The Morgan fingerprint density at radius 2 is 1.91 bits per heavy atom. The van der Waals surface area contributed by atoms with E-state index in [2.05, 4.69) is 4.74 Å². The maximum atomic E-state index is 12.0. The lowest BCUT2D eigenvalue weighted by Crippen LogP contribution is -2.30. The molecular weight excluding hydrogens is 330 g/mol. The highest BCUT2D eigenvalue weighted by Crippen LogP contribution is 2.30. The van der Waals surface area contributed by atoms with Gasteiger partial charge in [-0.3, -0.25) is 0 Å². The van der Waals surface area contributed by atoms with Crippen molar-refractivity contribution < 1.29 is 22.8 Å². The molecule has 0 aromatic heterocycles. The van der Waals surface area contributed by atoms with Crippen molar-refractivity contribution in [1.29, 1.82) is 0 Å². The van der Waals surface area contributed by atoms with E-state index in [1.807, 2.05) is 13.8 Å². The molecule has 0 radical (unpaired) electrons. The van der Waals surface area contributed by atoms with Crippen LogP contribution in [-0.2, 0) is 26.0 Å². The number of methoxy groups -OCH3 is 1. The molecule has 0 bridgehead atoms. The van der Waals surface area contributed by atoms with Gasteiger partial charge in [0, 0.05) is 17.9 Å². The normalized spacial score (nSPS) is 12.0. The molecule has 0 amide bonds. The molecular formula is C14H20ClNO5S. The van der Waals surface area contributed by atoms with E-state index in [0.29, 0.717) is 5.56 Å². The summed E-state index contributed by atoms with van der Waals surface area (Å²) in [6.07, 6.45) is 1.09. The van der Waals surface area contributed by atoms with E-state index in [1.165, 1.54) is 26.4 Å². The Kier molecular flexibility index (Phi) is 6.37. The van der Waals surface area contributed by atoms with E-state index in [-0.39, 0.29) is 28.1 Å². The summed E-state index contributed by atoms with van der Waals surface area (Å²) in [7, 11) is -0.785. The van der Waals surface area contributed by atoms with Crippen LogP contribution >= 0.6 is 11.6 Å². The SMILES string of the molecule is COC(=O)c1ccc(S(C)(=O)=O)c(CN(OC)C(C)C)c1Cl. The lowest BCUT2D eigenvalue weighted by molar-refractivity contribution is -0.161. The van der Waals surface area contributed by atoms with Crippen molar-refractivity contribution in [3.63, 3.8) is 0 Å². The Labute approximate surface area is 135 Å². The van der Waals surface area contributed by atoms with Crippen LogP contribution in [-0.4, -0.2) is 46.0 Å². The van der Waals surface area contributed by atoms with Gasteiger partial charge in [-0.25, -0.2) is 13.2 Å². The lowest BCUT2D eigenvalue weighted by atomic mass is 10.1. The minimum Gasteiger partial charge on any atom is -0.465 e. The largest absolute Gasteiger partial charge is 0.465 e. The van der Waals surface area contributed by atoms with Gasteiger partial charge in [0.15, 0.2) is 9.84 Å². The summed E-state index contributed by atoms with van der Waals surface area (Å²) in [5.41, 5.74) is 0.425. The van der Waals surface area contributed by atoms with Crippen molar-refractivity contribution >= 4 is 27.4 Å². The van der Waals surface area contributed by atoms with Crippen molar-refractivity contribution in [2.45, 2.75) is 31.3 Å². The average molecular weight is 350 g/mol. The topological polar surface area (TPSA) is 72.9 Å². The first kappa shape index (κ1) is 18.9.